The molecule has 0 radical (unpaired) electrons. The van der Waals surface area contributed by atoms with Crippen LogP contribution in [0.1, 0.15) is 5.56 Å². The minimum atomic E-state index is 0.837. The zero-order valence-electron chi connectivity index (χ0n) is 8.10. The van der Waals surface area contributed by atoms with Gasteiger partial charge >= 0.3 is 0 Å². The molecule has 0 aliphatic heterocycles. The molecule has 0 aliphatic carbocycles. The van der Waals surface area contributed by atoms with E-state index in [1.165, 1.54) is 6.33 Å². The van der Waals surface area contributed by atoms with Crippen LogP contribution in [0, 0.1) is 6.92 Å². The van der Waals surface area contributed by atoms with Gasteiger partial charge in [-0.1, -0.05) is 0 Å². The summed E-state index contributed by atoms with van der Waals surface area (Å²) in [6.07, 6.45) is 6.83. The number of anilines is 1. The van der Waals surface area contributed by atoms with Gasteiger partial charge in [-0.15, -0.1) is 0 Å². The van der Waals surface area contributed by atoms with Gasteiger partial charge < -0.3 is 5.32 Å². The minimum absolute atomic E-state index is 0.837. The molecule has 0 aromatic carbocycles. The Kier molecular flexibility index (Phi) is 2.14. The summed E-state index contributed by atoms with van der Waals surface area (Å²) in [7, 11) is 1.84. The van der Waals surface area contributed by atoms with Gasteiger partial charge in [0.15, 0.2) is 0 Å². The van der Waals surface area contributed by atoms with Crippen molar-refractivity contribution in [3.05, 3.63) is 30.6 Å². The molecule has 0 unspecified atom stereocenters. The highest BCUT2D eigenvalue weighted by Crippen LogP contribution is 2.15. The average Bonchev–Trinajstić information content (AvgIpc) is 2.71. The van der Waals surface area contributed by atoms with Crippen LogP contribution in [0.15, 0.2) is 25.0 Å². The minimum Gasteiger partial charge on any atom is -0.373 e. The van der Waals surface area contributed by atoms with Crippen molar-refractivity contribution in [1.82, 2.24) is 19.5 Å². The van der Waals surface area contributed by atoms with E-state index in [1.54, 1.807) is 12.5 Å². The molecule has 2 rings (SSSR count). The second kappa shape index (κ2) is 3.45. The van der Waals surface area contributed by atoms with Crippen molar-refractivity contribution in [3.8, 4) is 5.82 Å². The fraction of sp³-hybridized carbons (Fsp3) is 0.222. The van der Waals surface area contributed by atoms with Crippen LogP contribution in [0.3, 0.4) is 0 Å². The van der Waals surface area contributed by atoms with Crippen molar-refractivity contribution in [3.63, 3.8) is 0 Å². The topological polar surface area (TPSA) is 55.6 Å². The molecular weight excluding hydrogens is 178 g/mol. The van der Waals surface area contributed by atoms with Gasteiger partial charge in [-0.2, -0.15) is 0 Å². The van der Waals surface area contributed by atoms with Crippen LogP contribution in [0.5, 0.6) is 0 Å². The number of aromatic nitrogens is 4. The Bertz CT molecular complexity index is 421. The van der Waals surface area contributed by atoms with Crippen LogP contribution in [0.2, 0.25) is 0 Å². The lowest BCUT2D eigenvalue weighted by molar-refractivity contribution is 0.951. The van der Waals surface area contributed by atoms with E-state index >= 15 is 0 Å². The third-order valence-corrected chi connectivity index (χ3v) is 2.04. The Labute approximate surface area is 81.8 Å². The number of nitrogens with zero attached hydrogens (tertiary/aromatic N) is 4. The summed E-state index contributed by atoms with van der Waals surface area (Å²) < 4.78 is 1.86. The van der Waals surface area contributed by atoms with E-state index in [4.69, 9.17) is 0 Å². The summed E-state index contributed by atoms with van der Waals surface area (Å²) in [5.41, 5.74) is 1.01. The highest BCUT2D eigenvalue weighted by molar-refractivity contribution is 5.50. The van der Waals surface area contributed by atoms with E-state index in [2.05, 4.69) is 20.3 Å². The third-order valence-electron chi connectivity index (χ3n) is 2.04. The number of hydrogen-bond acceptors (Lipinski definition) is 4. The number of rotatable bonds is 2. The largest absolute Gasteiger partial charge is 0.373 e. The molecule has 5 nitrogen and oxygen atoms in total. The maximum absolute atomic E-state index is 4.20. The summed E-state index contributed by atoms with van der Waals surface area (Å²) in [4.78, 5) is 12.3. The van der Waals surface area contributed by atoms with Crippen molar-refractivity contribution >= 4 is 5.82 Å². The Morgan fingerprint density at radius 1 is 1.36 bits per heavy atom. The predicted octanol–water partition coefficient (Wildman–Crippen LogP) is 1.01. The van der Waals surface area contributed by atoms with Crippen molar-refractivity contribution in [1.29, 1.82) is 0 Å². The Morgan fingerprint density at radius 3 is 2.86 bits per heavy atom. The average molecular weight is 189 g/mol. The first-order chi connectivity index (χ1) is 6.83. The first-order valence-corrected chi connectivity index (χ1v) is 4.30. The van der Waals surface area contributed by atoms with Gasteiger partial charge in [-0.3, -0.25) is 4.57 Å². The molecule has 0 saturated heterocycles. The third kappa shape index (κ3) is 1.32. The molecule has 14 heavy (non-hydrogen) atoms. The summed E-state index contributed by atoms with van der Waals surface area (Å²) in [5, 5.41) is 3.01. The smallest absolute Gasteiger partial charge is 0.146 e. The predicted molar refractivity (Wildman–Crippen MR) is 53.4 cm³/mol. The lowest BCUT2D eigenvalue weighted by atomic mass is 10.3. The van der Waals surface area contributed by atoms with E-state index in [0.717, 1.165) is 17.2 Å². The summed E-state index contributed by atoms with van der Waals surface area (Å²) in [6, 6.07) is 0. The van der Waals surface area contributed by atoms with E-state index in [0.29, 0.717) is 0 Å². The lowest BCUT2D eigenvalue weighted by Gasteiger charge is -2.08. The second-order valence-corrected chi connectivity index (χ2v) is 2.89. The Morgan fingerprint density at radius 2 is 2.21 bits per heavy atom. The molecule has 2 heterocycles. The second-order valence-electron chi connectivity index (χ2n) is 2.89. The molecule has 0 aliphatic rings. The maximum atomic E-state index is 4.20. The van der Waals surface area contributed by atoms with Crippen LogP contribution in [-0.2, 0) is 0 Å². The van der Waals surface area contributed by atoms with E-state index in [9.17, 15) is 0 Å². The fourth-order valence-corrected chi connectivity index (χ4v) is 1.34. The molecule has 0 bridgehead atoms. The van der Waals surface area contributed by atoms with Gasteiger partial charge in [-0.25, -0.2) is 15.0 Å². The lowest BCUT2D eigenvalue weighted by Crippen LogP contribution is -2.03. The molecule has 0 atom stereocenters. The molecule has 2 aromatic heterocycles. The quantitative estimate of drug-likeness (QED) is 0.766. The van der Waals surface area contributed by atoms with Crippen molar-refractivity contribution in [2.45, 2.75) is 6.92 Å². The van der Waals surface area contributed by atoms with E-state index in [1.807, 2.05) is 24.7 Å². The molecule has 5 heteroatoms. The summed E-state index contributed by atoms with van der Waals surface area (Å²) in [6.45, 7) is 1.97. The van der Waals surface area contributed by atoms with Gasteiger partial charge in [0.25, 0.3) is 0 Å². The molecule has 72 valence electrons. The Balaban J connectivity index is 2.54. The zero-order chi connectivity index (χ0) is 9.97. The van der Waals surface area contributed by atoms with Crippen LogP contribution in [0.25, 0.3) is 5.82 Å². The number of imidazole rings is 1. The van der Waals surface area contributed by atoms with E-state index in [-0.39, 0.29) is 0 Å². The molecule has 0 fully saturated rings. The first-order valence-electron chi connectivity index (χ1n) is 4.30. The molecule has 1 N–H and O–H groups in total. The maximum Gasteiger partial charge on any atom is 0.146 e. The van der Waals surface area contributed by atoms with Crippen LogP contribution >= 0.6 is 0 Å². The van der Waals surface area contributed by atoms with Crippen molar-refractivity contribution in [2.24, 2.45) is 0 Å². The van der Waals surface area contributed by atoms with Gasteiger partial charge in [-0.05, 0) is 6.92 Å². The van der Waals surface area contributed by atoms with Crippen LogP contribution in [-0.4, -0.2) is 26.6 Å². The zero-order valence-corrected chi connectivity index (χ0v) is 8.10. The van der Waals surface area contributed by atoms with Gasteiger partial charge in [0.2, 0.25) is 0 Å². The van der Waals surface area contributed by atoms with Crippen LogP contribution < -0.4 is 5.32 Å². The Hall–Kier alpha value is -1.91. The van der Waals surface area contributed by atoms with Gasteiger partial charge in [0.1, 0.15) is 24.3 Å². The highest BCUT2D eigenvalue weighted by atomic mass is 15.1. The normalized spacial score (nSPS) is 10.1. The van der Waals surface area contributed by atoms with Gasteiger partial charge in [0.05, 0.1) is 0 Å². The van der Waals surface area contributed by atoms with Gasteiger partial charge in [0, 0.05) is 25.0 Å². The number of nitrogens with one attached hydrogen (secondary N) is 1. The SMILES string of the molecule is CNc1ncnc(-n2ccnc2)c1C. The fourth-order valence-electron chi connectivity index (χ4n) is 1.34. The standard InChI is InChI=1S/C9H11N5/c1-7-8(10-2)12-5-13-9(7)14-4-3-11-6-14/h3-6H,1-2H3,(H,10,12,13). The monoisotopic (exact) mass is 189 g/mol. The molecule has 0 spiro atoms. The van der Waals surface area contributed by atoms with Crippen LogP contribution in [0.4, 0.5) is 5.82 Å². The summed E-state index contributed by atoms with van der Waals surface area (Å²) >= 11 is 0. The molecule has 0 amide bonds. The molecule has 2 aromatic rings. The number of hydrogen-bond donors (Lipinski definition) is 1. The van der Waals surface area contributed by atoms with E-state index < -0.39 is 0 Å². The summed E-state index contributed by atoms with van der Waals surface area (Å²) in [5.74, 6) is 1.69. The molecular formula is C9H11N5. The first kappa shape index (κ1) is 8.68. The highest BCUT2D eigenvalue weighted by Gasteiger charge is 2.06. The van der Waals surface area contributed by atoms with Crippen molar-refractivity contribution in [2.75, 3.05) is 12.4 Å². The van der Waals surface area contributed by atoms with Crippen molar-refractivity contribution < 1.29 is 0 Å². The molecule has 0 saturated carbocycles.